The minimum absolute atomic E-state index is 0.0487. The number of hydrogen-bond donors (Lipinski definition) is 1. The molecule has 1 aliphatic rings. The van der Waals surface area contributed by atoms with Gasteiger partial charge in [0.1, 0.15) is 11.3 Å². The SMILES string of the molecule is CCOC(=O)C1=C(C)OC(N)=C(C(=O)OCC)[C@H]1c1cccs1. The van der Waals surface area contributed by atoms with Gasteiger partial charge in [-0.2, -0.15) is 0 Å². The number of ether oxygens (including phenoxy) is 3. The van der Waals surface area contributed by atoms with Crippen LogP contribution in [-0.2, 0) is 23.8 Å². The lowest BCUT2D eigenvalue weighted by molar-refractivity contribution is -0.140. The van der Waals surface area contributed by atoms with Crippen molar-refractivity contribution in [3.8, 4) is 0 Å². The summed E-state index contributed by atoms with van der Waals surface area (Å²) in [4.78, 5) is 25.5. The number of hydrogen-bond acceptors (Lipinski definition) is 7. The molecule has 0 bridgehead atoms. The Balaban J connectivity index is 2.55. The summed E-state index contributed by atoms with van der Waals surface area (Å²) in [5.41, 5.74) is 6.31. The first-order valence-corrected chi connectivity index (χ1v) is 8.15. The Bertz CT molecular complexity index is 620. The molecule has 6 nitrogen and oxygen atoms in total. The van der Waals surface area contributed by atoms with Crippen LogP contribution in [0.15, 0.2) is 40.3 Å². The number of thiophene rings is 1. The van der Waals surface area contributed by atoms with Crippen molar-refractivity contribution in [2.75, 3.05) is 13.2 Å². The third-order valence-corrected chi connectivity index (χ3v) is 4.24. The van der Waals surface area contributed by atoms with E-state index in [4.69, 9.17) is 19.9 Å². The first-order chi connectivity index (χ1) is 11.0. The summed E-state index contributed by atoms with van der Waals surface area (Å²) >= 11 is 1.42. The van der Waals surface area contributed by atoms with Gasteiger partial charge in [-0.15, -0.1) is 11.3 Å². The predicted molar refractivity (Wildman–Crippen MR) is 85.3 cm³/mol. The van der Waals surface area contributed by atoms with E-state index in [0.717, 1.165) is 4.88 Å². The molecule has 0 saturated carbocycles. The van der Waals surface area contributed by atoms with Crippen molar-refractivity contribution in [2.24, 2.45) is 5.73 Å². The van der Waals surface area contributed by atoms with E-state index in [1.807, 2.05) is 17.5 Å². The molecular formula is C16H19NO5S. The van der Waals surface area contributed by atoms with Gasteiger partial charge >= 0.3 is 11.9 Å². The molecule has 0 amide bonds. The van der Waals surface area contributed by atoms with Crippen LogP contribution in [0.2, 0.25) is 0 Å². The van der Waals surface area contributed by atoms with E-state index >= 15 is 0 Å². The van der Waals surface area contributed by atoms with Gasteiger partial charge in [-0.25, -0.2) is 9.59 Å². The third kappa shape index (κ3) is 3.39. The number of nitrogens with two attached hydrogens (primary N) is 1. The van der Waals surface area contributed by atoms with Crippen molar-refractivity contribution >= 4 is 23.3 Å². The fraction of sp³-hybridized carbons (Fsp3) is 0.375. The number of esters is 2. The minimum atomic E-state index is -0.651. The predicted octanol–water partition coefficient (Wildman–Crippen LogP) is 2.43. The molecule has 0 unspecified atom stereocenters. The van der Waals surface area contributed by atoms with Crippen molar-refractivity contribution in [3.63, 3.8) is 0 Å². The molecule has 7 heteroatoms. The van der Waals surface area contributed by atoms with Gasteiger partial charge in [-0.1, -0.05) is 6.07 Å². The molecule has 0 aliphatic carbocycles. The zero-order valence-corrected chi connectivity index (χ0v) is 14.1. The van der Waals surface area contributed by atoms with Crippen molar-refractivity contribution in [3.05, 3.63) is 45.2 Å². The van der Waals surface area contributed by atoms with Crippen LogP contribution >= 0.6 is 11.3 Å². The minimum Gasteiger partial charge on any atom is -0.463 e. The molecule has 0 fully saturated rings. The van der Waals surface area contributed by atoms with Crippen molar-refractivity contribution < 1.29 is 23.8 Å². The first kappa shape index (κ1) is 17.1. The number of rotatable bonds is 5. The molecule has 2 N–H and O–H groups in total. The van der Waals surface area contributed by atoms with Crippen LogP contribution in [-0.4, -0.2) is 25.2 Å². The molecule has 0 aromatic carbocycles. The summed E-state index contributed by atoms with van der Waals surface area (Å²) in [6, 6.07) is 3.67. The van der Waals surface area contributed by atoms with Crippen LogP contribution in [0, 0.1) is 0 Å². The summed E-state index contributed by atoms with van der Waals surface area (Å²) in [7, 11) is 0. The van der Waals surface area contributed by atoms with Gasteiger partial charge in [-0.05, 0) is 32.2 Å². The Morgan fingerprint density at radius 2 is 1.83 bits per heavy atom. The van der Waals surface area contributed by atoms with Crippen LogP contribution in [0.3, 0.4) is 0 Å². The van der Waals surface area contributed by atoms with E-state index in [1.165, 1.54) is 11.3 Å². The highest BCUT2D eigenvalue weighted by Gasteiger charge is 2.40. The second-order valence-electron chi connectivity index (χ2n) is 4.74. The van der Waals surface area contributed by atoms with Crippen molar-refractivity contribution in [1.82, 2.24) is 0 Å². The zero-order chi connectivity index (χ0) is 17.0. The summed E-state index contributed by atoms with van der Waals surface area (Å²) in [5, 5.41) is 1.86. The maximum atomic E-state index is 12.4. The van der Waals surface area contributed by atoms with Crippen LogP contribution in [0.5, 0.6) is 0 Å². The van der Waals surface area contributed by atoms with Crippen molar-refractivity contribution in [2.45, 2.75) is 26.7 Å². The summed E-state index contributed by atoms with van der Waals surface area (Å²) < 4.78 is 15.6. The summed E-state index contributed by atoms with van der Waals surface area (Å²) in [5.74, 6) is -1.50. The molecule has 1 aromatic heterocycles. The average molecular weight is 337 g/mol. The van der Waals surface area contributed by atoms with Gasteiger partial charge in [0.15, 0.2) is 0 Å². The lowest BCUT2D eigenvalue weighted by atomic mass is 9.87. The molecule has 1 atom stereocenters. The van der Waals surface area contributed by atoms with Crippen LogP contribution in [0.1, 0.15) is 31.6 Å². The van der Waals surface area contributed by atoms with E-state index in [1.54, 1.807) is 20.8 Å². The lowest BCUT2D eigenvalue weighted by Crippen LogP contribution is -2.29. The van der Waals surface area contributed by atoms with E-state index in [0.29, 0.717) is 5.76 Å². The highest BCUT2D eigenvalue weighted by Crippen LogP contribution is 2.42. The Hall–Kier alpha value is -2.28. The molecule has 1 aliphatic heterocycles. The fourth-order valence-corrected chi connectivity index (χ4v) is 3.25. The topological polar surface area (TPSA) is 87.9 Å². The Labute approximate surface area is 138 Å². The lowest BCUT2D eigenvalue weighted by Gasteiger charge is -2.27. The second kappa shape index (κ2) is 7.32. The second-order valence-corrected chi connectivity index (χ2v) is 5.72. The quantitative estimate of drug-likeness (QED) is 0.830. The average Bonchev–Trinajstić information content (AvgIpc) is 3.00. The molecule has 124 valence electrons. The van der Waals surface area contributed by atoms with Gasteiger partial charge < -0.3 is 19.9 Å². The molecule has 0 saturated heterocycles. The number of carbonyl (C=O) groups excluding carboxylic acids is 2. The molecule has 2 heterocycles. The van der Waals surface area contributed by atoms with E-state index in [9.17, 15) is 9.59 Å². The fourth-order valence-electron chi connectivity index (χ4n) is 2.40. The van der Waals surface area contributed by atoms with Gasteiger partial charge in [0.25, 0.3) is 0 Å². The normalized spacial score (nSPS) is 17.8. The van der Waals surface area contributed by atoms with E-state index < -0.39 is 17.9 Å². The van der Waals surface area contributed by atoms with E-state index in [-0.39, 0.29) is 30.2 Å². The summed E-state index contributed by atoms with van der Waals surface area (Å²) in [6.07, 6.45) is 0. The number of carbonyl (C=O) groups is 2. The zero-order valence-electron chi connectivity index (χ0n) is 13.3. The van der Waals surface area contributed by atoms with Gasteiger partial charge in [-0.3, -0.25) is 0 Å². The molecule has 0 radical (unpaired) electrons. The van der Waals surface area contributed by atoms with Crippen LogP contribution in [0.4, 0.5) is 0 Å². The highest BCUT2D eigenvalue weighted by molar-refractivity contribution is 7.10. The van der Waals surface area contributed by atoms with Crippen molar-refractivity contribution in [1.29, 1.82) is 0 Å². The van der Waals surface area contributed by atoms with Gasteiger partial charge in [0.2, 0.25) is 5.88 Å². The maximum Gasteiger partial charge on any atom is 0.340 e. The largest absolute Gasteiger partial charge is 0.463 e. The van der Waals surface area contributed by atoms with Crippen LogP contribution < -0.4 is 5.73 Å². The number of allylic oxidation sites excluding steroid dienone is 1. The van der Waals surface area contributed by atoms with E-state index in [2.05, 4.69) is 0 Å². The molecular weight excluding hydrogens is 318 g/mol. The molecule has 1 aromatic rings. The smallest absolute Gasteiger partial charge is 0.340 e. The maximum absolute atomic E-state index is 12.4. The molecule has 2 rings (SSSR count). The Morgan fingerprint density at radius 1 is 1.22 bits per heavy atom. The first-order valence-electron chi connectivity index (χ1n) is 7.27. The molecule has 23 heavy (non-hydrogen) atoms. The third-order valence-electron chi connectivity index (χ3n) is 3.30. The standard InChI is InChI=1S/C16H19NO5S/c1-4-20-15(18)11-9(3)22-14(17)13(16(19)21-5-2)12(11)10-7-6-8-23-10/h6-8,12H,4-5,17H2,1-3H3/t12-/m0/s1. The Kier molecular flexibility index (Phi) is 5.44. The summed E-state index contributed by atoms with van der Waals surface area (Å²) in [6.45, 7) is 5.46. The van der Waals surface area contributed by atoms with Gasteiger partial charge in [0.05, 0.1) is 24.7 Å². The highest BCUT2D eigenvalue weighted by atomic mass is 32.1. The van der Waals surface area contributed by atoms with Gasteiger partial charge in [0, 0.05) is 4.88 Å². The Morgan fingerprint density at radius 3 is 2.35 bits per heavy atom. The van der Waals surface area contributed by atoms with Crippen LogP contribution in [0.25, 0.3) is 0 Å². The molecule has 0 spiro atoms. The monoisotopic (exact) mass is 337 g/mol.